The van der Waals surface area contributed by atoms with E-state index in [-0.39, 0.29) is 5.79 Å². The molecule has 0 spiro atoms. The van der Waals surface area contributed by atoms with Crippen molar-refractivity contribution in [1.29, 1.82) is 0 Å². The zero-order valence-electron chi connectivity index (χ0n) is 10.7. The minimum atomic E-state index is -0.364. The average molecular weight is 214 g/mol. The van der Waals surface area contributed by atoms with Gasteiger partial charge in [0.1, 0.15) is 0 Å². The predicted octanol–water partition coefficient (Wildman–Crippen LogP) is 3.89. The van der Waals surface area contributed by atoms with Gasteiger partial charge in [0.2, 0.25) is 0 Å². The molecule has 1 aliphatic rings. The van der Waals surface area contributed by atoms with E-state index in [4.69, 9.17) is 9.47 Å². The van der Waals surface area contributed by atoms with Crippen molar-refractivity contribution in [2.75, 3.05) is 0 Å². The Bertz CT molecular complexity index is 159. The van der Waals surface area contributed by atoms with Crippen LogP contribution in [0.2, 0.25) is 0 Å². The molecule has 1 fully saturated rings. The van der Waals surface area contributed by atoms with E-state index in [1.54, 1.807) is 0 Å². The van der Waals surface area contributed by atoms with Gasteiger partial charge in [0.15, 0.2) is 5.79 Å². The summed E-state index contributed by atoms with van der Waals surface area (Å²) in [6.45, 7) is 8.50. The van der Waals surface area contributed by atoms with Crippen LogP contribution in [-0.4, -0.2) is 18.0 Å². The van der Waals surface area contributed by atoms with Crippen LogP contribution in [-0.2, 0) is 9.47 Å². The van der Waals surface area contributed by atoms with Gasteiger partial charge in [0, 0.05) is 0 Å². The second-order valence-electron chi connectivity index (χ2n) is 5.00. The molecule has 2 atom stereocenters. The zero-order valence-corrected chi connectivity index (χ0v) is 10.7. The van der Waals surface area contributed by atoms with Crippen LogP contribution < -0.4 is 0 Å². The monoisotopic (exact) mass is 214 g/mol. The van der Waals surface area contributed by atoms with Crippen LogP contribution in [0.5, 0.6) is 0 Å². The van der Waals surface area contributed by atoms with E-state index in [1.165, 1.54) is 25.7 Å². The summed E-state index contributed by atoms with van der Waals surface area (Å²) in [6, 6.07) is 0. The molecule has 0 aromatic heterocycles. The summed E-state index contributed by atoms with van der Waals surface area (Å²) in [5.41, 5.74) is 0. The predicted molar refractivity (Wildman–Crippen MR) is 62.9 cm³/mol. The lowest BCUT2D eigenvalue weighted by molar-refractivity contribution is -0.147. The molecule has 2 unspecified atom stereocenters. The van der Waals surface area contributed by atoms with Crippen molar-refractivity contribution < 1.29 is 9.47 Å². The lowest BCUT2D eigenvalue weighted by atomic mass is 10.0. The van der Waals surface area contributed by atoms with E-state index in [1.807, 2.05) is 13.8 Å². The Morgan fingerprint density at radius 2 is 1.27 bits per heavy atom. The van der Waals surface area contributed by atoms with Crippen molar-refractivity contribution in [3.05, 3.63) is 0 Å². The number of hydrogen-bond donors (Lipinski definition) is 0. The summed E-state index contributed by atoms with van der Waals surface area (Å²) in [4.78, 5) is 0. The standard InChI is InChI=1S/C13H26O2/c1-5-7-9-11-12(10-8-6-2)15-13(3,4)14-11/h11-12H,5-10H2,1-4H3. The van der Waals surface area contributed by atoms with Gasteiger partial charge in [-0.25, -0.2) is 0 Å². The molecule has 0 bridgehead atoms. The van der Waals surface area contributed by atoms with Crippen molar-refractivity contribution in [2.24, 2.45) is 0 Å². The van der Waals surface area contributed by atoms with Gasteiger partial charge in [-0.15, -0.1) is 0 Å². The summed E-state index contributed by atoms with van der Waals surface area (Å²) >= 11 is 0. The van der Waals surface area contributed by atoms with Crippen molar-refractivity contribution in [1.82, 2.24) is 0 Å². The first-order chi connectivity index (χ1) is 7.09. The molecule has 0 saturated carbocycles. The first-order valence-corrected chi connectivity index (χ1v) is 6.44. The Morgan fingerprint density at radius 1 is 0.867 bits per heavy atom. The average Bonchev–Trinajstić information content (AvgIpc) is 2.47. The fourth-order valence-corrected chi connectivity index (χ4v) is 2.21. The van der Waals surface area contributed by atoms with Gasteiger partial charge in [0.25, 0.3) is 0 Å². The zero-order chi connectivity index (χ0) is 11.3. The first kappa shape index (κ1) is 13.0. The van der Waals surface area contributed by atoms with Crippen LogP contribution in [0.3, 0.4) is 0 Å². The number of rotatable bonds is 6. The van der Waals surface area contributed by atoms with Crippen molar-refractivity contribution in [3.8, 4) is 0 Å². The van der Waals surface area contributed by atoms with Crippen molar-refractivity contribution >= 4 is 0 Å². The van der Waals surface area contributed by atoms with Crippen LogP contribution in [0.15, 0.2) is 0 Å². The molecule has 0 amide bonds. The molecule has 2 heteroatoms. The second kappa shape index (κ2) is 5.86. The van der Waals surface area contributed by atoms with Gasteiger partial charge in [-0.2, -0.15) is 0 Å². The molecule has 1 rings (SSSR count). The maximum atomic E-state index is 5.94. The maximum Gasteiger partial charge on any atom is 0.163 e. The van der Waals surface area contributed by atoms with Crippen LogP contribution >= 0.6 is 0 Å². The minimum Gasteiger partial charge on any atom is -0.345 e. The van der Waals surface area contributed by atoms with Gasteiger partial charge < -0.3 is 9.47 Å². The van der Waals surface area contributed by atoms with E-state index < -0.39 is 0 Å². The molecular weight excluding hydrogens is 188 g/mol. The Kier molecular flexibility index (Phi) is 5.07. The van der Waals surface area contributed by atoms with Gasteiger partial charge >= 0.3 is 0 Å². The highest BCUT2D eigenvalue weighted by Gasteiger charge is 2.39. The van der Waals surface area contributed by atoms with Crippen LogP contribution in [0, 0.1) is 0 Å². The highest BCUT2D eigenvalue weighted by atomic mass is 16.7. The number of ether oxygens (including phenoxy) is 2. The third-order valence-corrected chi connectivity index (χ3v) is 2.97. The lowest BCUT2D eigenvalue weighted by Gasteiger charge is -2.16. The Labute approximate surface area is 94.3 Å². The topological polar surface area (TPSA) is 18.5 Å². The summed E-state index contributed by atoms with van der Waals surface area (Å²) in [7, 11) is 0. The normalized spacial score (nSPS) is 29.6. The molecular formula is C13H26O2. The van der Waals surface area contributed by atoms with Gasteiger partial charge in [0.05, 0.1) is 12.2 Å². The third-order valence-electron chi connectivity index (χ3n) is 2.97. The molecule has 15 heavy (non-hydrogen) atoms. The first-order valence-electron chi connectivity index (χ1n) is 6.44. The van der Waals surface area contributed by atoms with E-state index in [2.05, 4.69) is 13.8 Å². The van der Waals surface area contributed by atoms with Gasteiger partial charge in [-0.1, -0.05) is 39.5 Å². The Hall–Kier alpha value is -0.0800. The molecule has 0 aromatic carbocycles. The summed E-state index contributed by atoms with van der Waals surface area (Å²) < 4.78 is 11.9. The van der Waals surface area contributed by atoms with Crippen LogP contribution in [0.4, 0.5) is 0 Å². The van der Waals surface area contributed by atoms with Crippen molar-refractivity contribution in [2.45, 2.75) is 84.2 Å². The summed E-state index contributed by atoms with van der Waals surface area (Å²) in [6.07, 6.45) is 7.90. The minimum absolute atomic E-state index is 0.325. The van der Waals surface area contributed by atoms with E-state index in [0.29, 0.717) is 12.2 Å². The quantitative estimate of drug-likeness (QED) is 0.668. The largest absolute Gasteiger partial charge is 0.345 e. The molecule has 1 aliphatic heterocycles. The smallest absolute Gasteiger partial charge is 0.163 e. The summed E-state index contributed by atoms with van der Waals surface area (Å²) in [5, 5.41) is 0. The Morgan fingerprint density at radius 3 is 1.60 bits per heavy atom. The highest BCUT2D eigenvalue weighted by Crippen LogP contribution is 2.33. The van der Waals surface area contributed by atoms with Crippen LogP contribution in [0.1, 0.15) is 66.2 Å². The highest BCUT2D eigenvalue weighted by molar-refractivity contribution is 4.81. The number of unbranched alkanes of at least 4 members (excludes halogenated alkanes) is 2. The molecule has 1 saturated heterocycles. The maximum absolute atomic E-state index is 5.94. The molecule has 0 N–H and O–H groups in total. The molecule has 90 valence electrons. The van der Waals surface area contributed by atoms with E-state index in [9.17, 15) is 0 Å². The van der Waals surface area contributed by atoms with Crippen LogP contribution in [0.25, 0.3) is 0 Å². The van der Waals surface area contributed by atoms with E-state index in [0.717, 1.165) is 12.8 Å². The molecule has 0 aliphatic carbocycles. The fraction of sp³-hybridized carbons (Fsp3) is 1.00. The van der Waals surface area contributed by atoms with Gasteiger partial charge in [-0.05, 0) is 26.7 Å². The third kappa shape index (κ3) is 4.12. The Balaban J connectivity index is 2.42. The molecule has 1 heterocycles. The summed E-state index contributed by atoms with van der Waals surface area (Å²) in [5.74, 6) is -0.364. The second-order valence-corrected chi connectivity index (χ2v) is 5.00. The fourth-order valence-electron chi connectivity index (χ4n) is 2.21. The van der Waals surface area contributed by atoms with Crippen molar-refractivity contribution in [3.63, 3.8) is 0 Å². The van der Waals surface area contributed by atoms with E-state index >= 15 is 0 Å². The molecule has 2 nitrogen and oxygen atoms in total. The molecule has 0 radical (unpaired) electrons. The SMILES string of the molecule is CCCCC1OC(C)(C)OC1CCCC. The lowest BCUT2D eigenvalue weighted by Crippen LogP contribution is -2.22. The molecule has 0 aromatic rings. The van der Waals surface area contributed by atoms with Gasteiger partial charge in [-0.3, -0.25) is 0 Å². The number of hydrogen-bond acceptors (Lipinski definition) is 2.